The second-order valence-corrected chi connectivity index (χ2v) is 7.57. The second-order valence-electron chi connectivity index (χ2n) is 7.57. The lowest BCUT2D eigenvalue weighted by Gasteiger charge is -2.34. The van der Waals surface area contributed by atoms with Crippen LogP contribution in [-0.4, -0.2) is 27.1 Å². The van der Waals surface area contributed by atoms with E-state index in [1.54, 1.807) is 23.2 Å². The van der Waals surface area contributed by atoms with Crippen molar-refractivity contribution in [3.63, 3.8) is 0 Å². The molecular formula is C23H19FN4O3. The van der Waals surface area contributed by atoms with E-state index in [0.717, 1.165) is 11.1 Å². The van der Waals surface area contributed by atoms with Crippen molar-refractivity contribution in [2.75, 3.05) is 11.5 Å². The summed E-state index contributed by atoms with van der Waals surface area (Å²) in [5.74, 6) is 0.0618. The number of halogens is 1. The Morgan fingerprint density at radius 1 is 1.13 bits per heavy atom. The van der Waals surface area contributed by atoms with Gasteiger partial charge in [0.05, 0.1) is 17.4 Å². The third-order valence-corrected chi connectivity index (χ3v) is 5.48. The molecule has 1 aliphatic heterocycles. The summed E-state index contributed by atoms with van der Waals surface area (Å²) in [6, 6.07) is 12.5. The van der Waals surface area contributed by atoms with E-state index in [2.05, 4.69) is 5.10 Å². The van der Waals surface area contributed by atoms with Gasteiger partial charge >= 0.3 is 0 Å². The van der Waals surface area contributed by atoms with Crippen LogP contribution in [0.25, 0.3) is 16.8 Å². The highest BCUT2D eigenvalue weighted by atomic mass is 19.1. The molecule has 0 saturated carbocycles. The number of nitrogens with one attached hydrogen (secondary N) is 1. The molecule has 1 amide bonds. The molecule has 0 radical (unpaired) electrons. The van der Waals surface area contributed by atoms with Gasteiger partial charge in [0, 0.05) is 17.8 Å². The first-order valence-corrected chi connectivity index (χ1v) is 9.85. The van der Waals surface area contributed by atoms with Crippen LogP contribution in [-0.2, 0) is 4.79 Å². The quantitative estimate of drug-likeness (QED) is 0.551. The molecule has 0 bridgehead atoms. The predicted octanol–water partition coefficient (Wildman–Crippen LogP) is 3.62. The maximum Gasteiger partial charge on any atom is 0.272 e. The highest BCUT2D eigenvalue weighted by molar-refractivity contribution is 5.98. The number of anilines is 1. The highest BCUT2D eigenvalue weighted by Crippen LogP contribution is 2.37. The first-order chi connectivity index (χ1) is 14.9. The van der Waals surface area contributed by atoms with Crippen LogP contribution in [0.2, 0.25) is 0 Å². The Balaban J connectivity index is 1.63. The summed E-state index contributed by atoms with van der Waals surface area (Å²) in [6.45, 7) is 3.69. The molecule has 0 saturated heterocycles. The largest absolute Gasteiger partial charge is 0.482 e. The van der Waals surface area contributed by atoms with E-state index >= 15 is 0 Å². The van der Waals surface area contributed by atoms with Crippen LogP contribution in [0.15, 0.2) is 59.5 Å². The minimum absolute atomic E-state index is 0.0768. The number of nitrogens with zero attached hydrogens (tertiary/aromatic N) is 3. The molecule has 8 heteroatoms. The number of hydrogen-bond acceptors (Lipinski definition) is 4. The molecule has 4 aromatic rings. The number of H-pyrrole nitrogens is 1. The fourth-order valence-corrected chi connectivity index (χ4v) is 3.89. The Kier molecular flexibility index (Phi) is 4.35. The van der Waals surface area contributed by atoms with Gasteiger partial charge in [0.15, 0.2) is 12.3 Å². The van der Waals surface area contributed by atoms with Crippen LogP contribution in [0.3, 0.4) is 0 Å². The third-order valence-electron chi connectivity index (χ3n) is 5.48. The van der Waals surface area contributed by atoms with Crippen molar-refractivity contribution in [3.05, 3.63) is 82.2 Å². The molecule has 1 unspecified atom stereocenters. The fourth-order valence-electron chi connectivity index (χ4n) is 3.89. The van der Waals surface area contributed by atoms with Crippen LogP contribution < -0.4 is 15.2 Å². The Morgan fingerprint density at radius 3 is 2.68 bits per heavy atom. The minimum atomic E-state index is -0.495. The summed E-state index contributed by atoms with van der Waals surface area (Å²) in [5, 5.41) is 2.89. The monoisotopic (exact) mass is 418 g/mol. The summed E-state index contributed by atoms with van der Waals surface area (Å²) < 4.78 is 20.2. The smallest absolute Gasteiger partial charge is 0.272 e. The van der Waals surface area contributed by atoms with Gasteiger partial charge in [-0.05, 0) is 49.2 Å². The average Bonchev–Trinajstić information content (AvgIpc) is 3.18. The molecule has 5 rings (SSSR count). The van der Waals surface area contributed by atoms with Crippen LogP contribution in [0.5, 0.6) is 5.75 Å². The summed E-state index contributed by atoms with van der Waals surface area (Å²) in [7, 11) is 0. The van der Waals surface area contributed by atoms with Crippen LogP contribution in [0, 0.1) is 12.7 Å². The molecule has 2 aromatic heterocycles. The standard InChI is InChI=1S/C23H19FN4O3/c1-13-3-8-20-19(9-13)27(22(30)12-31-20)14(2)18-10-21(29)28-23(26-18)17(11-25-28)15-4-6-16(24)7-5-15/h3-11,14,25H,12H2,1-2H3. The molecule has 1 N–H and O–H groups in total. The van der Waals surface area contributed by atoms with Gasteiger partial charge in [-0.25, -0.2) is 13.9 Å². The van der Waals surface area contributed by atoms with Crippen molar-refractivity contribution >= 4 is 17.2 Å². The Morgan fingerprint density at radius 2 is 1.90 bits per heavy atom. The van der Waals surface area contributed by atoms with E-state index in [-0.39, 0.29) is 23.9 Å². The van der Waals surface area contributed by atoms with Crippen molar-refractivity contribution < 1.29 is 13.9 Å². The Bertz CT molecular complexity index is 1370. The van der Waals surface area contributed by atoms with E-state index in [9.17, 15) is 14.0 Å². The molecule has 1 atom stereocenters. The lowest BCUT2D eigenvalue weighted by atomic mass is 10.1. The predicted molar refractivity (Wildman–Crippen MR) is 114 cm³/mol. The van der Waals surface area contributed by atoms with Gasteiger partial charge in [-0.2, -0.15) is 0 Å². The van der Waals surface area contributed by atoms with E-state index in [1.807, 2.05) is 32.0 Å². The van der Waals surface area contributed by atoms with Crippen molar-refractivity contribution in [1.82, 2.24) is 14.6 Å². The SMILES string of the molecule is Cc1ccc2c(c1)N(C(C)c1cc(=O)n3[nH]cc(-c4ccc(F)cc4)c3n1)C(=O)CO2. The molecule has 0 spiro atoms. The molecule has 1 aliphatic rings. The fraction of sp³-hybridized carbons (Fsp3) is 0.174. The lowest BCUT2D eigenvalue weighted by Crippen LogP contribution is -2.41. The molecule has 7 nitrogen and oxygen atoms in total. The van der Waals surface area contributed by atoms with Crippen molar-refractivity contribution in [1.29, 1.82) is 0 Å². The number of rotatable bonds is 3. The summed E-state index contributed by atoms with van der Waals surface area (Å²) in [6.07, 6.45) is 1.66. The van der Waals surface area contributed by atoms with Crippen LogP contribution >= 0.6 is 0 Å². The lowest BCUT2D eigenvalue weighted by molar-refractivity contribution is -0.121. The zero-order chi connectivity index (χ0) is 21.7. The van der Waals surface area contributed by atoms with E-state index < -0.39 is 6.04 Å². The molecule has 0 aliphatic carbocycles. The maximum absolute atomic E-state index is 13.3. The van der Waals surface area contributed by atoms with E-state index in [4.69, 9.17) is 9.72 Å². The highest BCUT2D eigenvalue weighted by Gasteiger charge is 2.31. The van der Waals surface area contributed by atoms with Crippen molar-refractivity contribution in [3.8, 4) is 16.9 Å². The number of aromatic amines is 1. The number of aromatic nitrogens is 3. The number of carbonyl (C=O) groups excluding carboxylic acids is 1. The maximum atomic E-state index is 13.3. The summed E-state index contributed by atoms with van der Waals surface area (Å²) in [4.78, 5) is 31.8. The molecule has 156 valence electrons. The number of ether oxygens (including phenoxy) is 1. The van der Waals surface area contributed by atoms with Crippen molar-refractivity contribution in [2.45, 2.75) is 19.9 Å². The van der Waals surface area contributed by atoms with Gasteiger partial charge < -0.3 is 4.74 Å². The first kappa shape index (κ1) is 19.0. The number of fused-ring (bicyclic) bond motifs is 2. The number of hydrogen-bond donors (Lipinski definition) is 1. The van der Waals surface area contributed by atoms with E-state index in [0.29, 0.717) is 28.3 Å². The van der Waals surface area contributed by atoms with Gasteiger partial charge in [0.25, 0.3) is 11.5 Å². The van der Waals surface area contributed by atoms with E-state index in [1.165, 1.54) is 22.7 Å². The van der Waals surface area contributed by atoms with Crippen LogP contribution in [0.4, 0.5) is 10.1 Å². The average molecular weight is 418 g/mol. The zero-order valence-corrected chi connectivity index (χ0v) is 16.9. The van der Waals surface area contributed by atoms with Gasteiger partial charge in [0.1, 0.15) is 11.6 Å². The van der Waals surface area contributed by atoms with Gasteiger partial charge in [-0.1, -0.05) is 18.2 Å². The Hall–Kier alpha value is -3.94. The van der Waals surface area contributed by atoms with Gasteiger partial charge in [-0.3, -0.25) is 19.6 Å². The number of benzene rings is 2. The Labute approximate surface area is 176 Å². The molecule has 0 fully saturated rings. The van der Waals surface area contributed by atoms with Crippen LogP contribution in [0.1, 0.15) is 24.2 Å². The van der Waals surface area contributed by atoms with Gasteiger partial charge in [0.2, 0.25) is 0 Å². The minimum Gasteiger partial charge on any atom is -0.482 e. The zero-order valence-electron chi connectivity index (χ0n) is 16.9. The molecule has 31 heavy (non-hydrogen) atoms. The van der Waals surface area contributed by atoms with Crippen molar-refractivity contribution in [2.24, 2.45) is 0 Å². The number of carbonyl (C=O) groups is 1. The third kappa shape index (κ3) is 3.16. The molecular weight excluding hydrogens is 399 g/mol. The molecule has 3 heterocycles. The topological polar surface area (TPSA) is 79.7 Å². The summed E-state index contributed by atoms with van der Waals surface area (Å²) in [5.41, 5.74) is 3.59. The normalized spacial score (nSPS) is 14.4. The summed E-state index contributed by atoms with van der Waals surface area (Å²) >= 11 is 0. The second kappa shape index (κ2) is 7.09. The number of amides is 1. The molecule has 2 aromatic carbocycles. The van der Waals surface area contributed by atoms with Gasteiger partial charge in [-0.15, -0.1) is 0 Å². The first-order valence-electron chi connectivity index (χ1n) is 9.85. The number of aryl methyl sites for hydroxylation is 1.